The Bertz CT molecular complexity index is 1280. The standard InChI is InChI=1S/C18H18F3N5O2.C2HF3O2/c1-7(18(19,20)21)26-9-4-5-10(27)12-14(25-28-15(12)8-2-3-8)11(9)13-16(22)23-6-24-17(13)26;3-2(4,5)1(6)7/h6-8,10,27H,2-5H2,1H3,(H2,22,23,24);(H,6,7)/t7-,10+;/m0./s1. The van der Waals surface area contributed by atoms with Crippen LogP contribution < -0.4 is 5.73 Å². The number of halogens is 6. The summed E-state index contributed by atoms with van der Waals surface area (Å²) in [4.78, 5) is 17.0. The van der Waals surface area contributed by atoms with Crippen molar-refractivity contribution in [1.29, 1.82) is 0 Å². The van der Waals surface area contributed by atoms with Crippen molar-refractivity contribution in [3.8, 4) is 11.3 Å². The Kier molecular flexibility index (Phi) is 5.93. The summed E-state index contributed by atoms with van der Waals surface area (Å²) in [5, 5.41) is 22.3. The van der Waals surface area contributed by atoms with Gasteiger partial charge in [-0.1, -0.05) is 5.16 Å². The smallest absolute Gasteiger partial charge is 0.475 e. The summed E-state index contributed by atoms with van der Waals surface area (Å²) in [5.74, 6) is -1.86. The summed E-state index contributed by atoms with van der Waals surface area (Å²) >= 11 is 0. The van der Waals surface area contributed by atoms with Crippen molar-refractivity contribution >= 4 is 22.8 Å². The van der Waals surface area contributed by atoms with Crippen LogP contribution >= 0.6 is 0 Å². The zero-order valence-electron chi connectivity index (χ0n) is 18.0. The molecule has 15 heteroatoms. The average molecular weight is 507 g/mol. The first kappa shape index (κ1) is 24.8. The minimum atomic E-state index is -5.08. The van der Waals surface area contributed by atoms with Crippen molar-refractivity contribution in [3.05, 3.63) is 23.3 Å². The number of nitrogens with zero attached hydrogens (tertiary/aromatic N) is 4. The van der Waals surface area contributed by atoms with E-state index in [2.05, 4.69) is 15.1 Å². The molecule has 0 saturated heterocycles. The number of aromatic nitrogens is 4. The zero-order chi connectivity index (χ0) is 25.9. The van der Waals surface area contributed by atoms with Gasteiger partial charge in [-0.15, -0.1) is 0 Å². The van der Waals surface area contributed by atoms with E-state index in [4.69, 9.17) is 20.2 Å². The number of alkyl halides is 6. The van der Waals surface area contributed by atoms with Crippen LogP contribution in [0.25, 0.3) is 22.3 Å². The minimum Gasteiger partial charge on any atom is -0.475 e. The molecule has 0 radical (unpaired) electrons. The number of hydrogen-bond donors (Lipinski definition) is 3. The molecule has 0 amide bonds. The molecule has 0 bridgehead atoms. The van der Waals surface area contributed by atoms with Crippen LogP contribution in [0.3, 0.4) is 0 Å². The van der Waals surface area contributed by atoms with Gasteiger partial charge in [0.1, 0.15) is 35.3 Å². The summed E-state index contributed by atoms with van der Waals surface area (Å²) in [6.07, 6.45) is -6.89. The number of carboxylic acid groups (broad SMARTS) is 1. The van der Waals surface area contributed by atoms with E-state index in [1.54, 1.807) is 0 Å². The molecular formula is C20H19F6N5O4. The fourth-order valence-electron chi connectivity index (χ4n) is 4.14. The number of rotatable bonds is 2. The molecule has 3 aromatic heterocycles. The molecular weight excluding hydrogens is 488 g/mol. The Morgan fingerprint density at radius 1 is 1.20 bits per heavy atom. The largest absolute Gasteiger partial charge is 0.490 e. The van der Waals surface area contributed by atoms with Crippen molar-refractivity contribution in [3.63, 3.8) is 0 Å². The van der Waals surface area contributed by atoms with Gasteiger partial charge in [0.15, 0.2) is 0 Å². The topological polar surface area (TPSA) is 140 Å². The first-order valence-electron chi connectivity index (χ1n) is 10.4. The molecule has 35 heavy (non-hydrogen) atoms. The van der Waals surface area contributed by atoms with E-state index in [1.807, 2.05) is 0 Å². The van der Waals surface area contributed by atoms with E-state index in [0.29, 0.717) is 33.7 Å². The van der Waals surface area contributed by atoms with E-state index in [0.717, 1.165) is 30.7 Å². The molecule has 4 N–H and O–H groups in total. The number of fused-ring (bicyclic) bond motifs is 5. The van der Waals surface area contributed by atoms with Gasteiger partial charge in [0.05, 0.1) is 17.1 Å². The molecule has 2 aliphatic rings. The highest BCUT2D eigenvalue weighted by atomic mass is 19.4. The van der Waals surface area contributed by atoms with Crippen molar-refractivity contribution in [1.82, 2.24) is 19.7 Å². The highest BCUT2D eigenvalue weighted by molar-refractivity contribution is 6.02. The van der Waals surface area contributed by atoms with Gasteiger partial charge in [-0.05, 0) is 32.6 Å². The highest BCUT2D eigenvalue weighted by Crippen LogP contribution is 2.51. The molecule has 2 aliphatic carbocycles. The van der Waals surface area contributed by atoms with Gasteiger partial charge in [-0.3, -0.25) is 0 Å². The first-order valence-corrected chi connectivity index (χ1v) is 10.4. The van der Waals surface area contributed by atoms with Gasteiger partial charge in [-0.25, -0.2) is 14.8 Å². The third-order valence-electron chi connectivity index (χ3n) is 5.95. The lowest BCUT2D eigenvalue weighted by molar-refractivity contribution is -0.192. The van der Waals surface area contributed by atoms with Crippen LogP contribution in [0.5, 0.6) is 0 Å². The third kappa shape index (κ3) is 4.39. The van der Waals surface area contributed by atoms with Gasteiger partial charge >= 0.3 is 18.3 Å². The Balaban J connectivity index is 0.000000364. The molecule has 0 spiro atoms. The maximum Gasteiger partial charge on any atom is 0.490 e. The summed E-state index contributed by atoms with van der Waals surface area (Å²) in [5.41, 5.74) is 7.90. The predicted molar refractivity (Wildman–Crippen MR) is 107 cm³/mol. The van der Waals surface area contributed by atoms with Crippen LogP contribution in [0.15, 0.2) is 10.9 Å². The zero-order valence-corrected chi connectivity index (χ0v) is 18.0. The van der Waals surface area contributed by atoms with Crippen LogP contribution in [0.2, 0.25) is 0 Å². The number of hydrogen-bond acceptors (Lipinski definition) is 7. The Labute approximate surface area is 192 Å². The quantitative estimate of drug-likeness (QED) is 0.437. The number of aliphatic carboxylic acids is 1. The summed E-state index contributed by atoms with van der Waals surface area (Å²) in [6, 6.07) is -1.82. The molecule has 1 fully saturated rings. The first-order chi connectivity index (χ1) is 16.2. The molecule has 3 aromatic rings. The molecule has 5 rings (SSSR count). The molecule has 3 heterocycles. The maximum atomic E-state index is 13.6. The number of aliphatic hydroxyl groups is 1. The second-order valence-electron chi connectivity index (χ2n) is 8.31. The van der Waals surface area contributed by atoms with E-state index in [-0.39, 0.29) is 30.2 Å². The second-order valence-corrected chi connectivity index (χ2v) is 8.31. The number of anilines is 1. The van der Waals surface area contributed by atoms with Crippen LogP contribution in [0.4, 0.5) is 32.2 Å². The van der Waals surface area contributed by atoms with Crippen LogP contribution in [0.1, 0.15) is 61.3 Å². The fraction of sp³-hybridized carbons (Fsp3) is 0.500. The predicted octanol–water partition coefficient (Wildman–Crippen LogP) is 4.28. The number of nitrogen functional groups attached to an aromatic ring is 1. The fourth-order valence-corrected chi connectivity index (χ4v) is 4.14. The Morgan fingerprint density at radius 2 is 1.83 bits per heavy atom. The van der Waals surface area contributed by atoms with Crippen molar-refractivity contribution in [2.45, 2.75) is 63.0 Å². The maximum absolute atomic E-state index is 13.6. The van der Waals surface area contributed by atoms with Crippen LogP contribution in [-0.2, 0) is 11.2 Å². The highest BCUT2D eigenvalue weighted by Gasteiger charge is 2.43. The lowest BCUT2D eigenvalue weighted by atomic mass is 10.0. The third-order valence-corrected chi connectivity index (χ3v) is 5.95. The number of carbonyl (C=O) groups is 1. The van der Waals surface area contributed by atoms with Crippen molar-refractivity contribution in [2.24, 2.45) is 0 Å². The minimum absolute atomic E-state index is 0.0766. The van der Waals surface area contributed by atoms with Gasteiger partial charge < -0.3 is 25.0 Å². The summed E-state index contributed by atoms with van der Waals surface area (Å²) < 4.78 is 79.3. The van der Waals surface area contributed by atoms with Gasteiger partial charge in [0.2, 0.25) is 0 Å². The van der Waals surface area contributed by atoms with Crippen LogP contribution in [0, 0.1) is 0 Å². The van der Waals surface area contributed by atoms with Crippen molar-refractivity contribution < 1.29 is 45.9 Å². The van der Waals surface area contributed by atoms with E-state index < -0.39 is 30.5 Å². The molecule has 0 aromatic carbocycles. The van der Waals surface area contributed by atoms with E-state index >= 15 is 0 Å². The lowest BCUT2D eigenvalue weighted by Gasteiger charge is -2.21. The average Bonchev–Trinajstić information content (AvgIpc) is 3.44. The molecule has 2 atom stereocenters. The molecule has 0 aliphatic heterocycles. The number of aliphatic hydroxyl groups excluding tert-OH is 1. The number of nitrogens with two attached hydrogens (primary N) is 1. The van der Waals surface area contributed by atoms with Crippen LogP contribution in [-0.4, -0.2) is 48.2 Å². The van der Waals surface area contributed by atoms with Gasteiger partial charge in [-0.2, -0.15) is 26.3 Å². The molecule has 190 valence electrons. The molecule has 9 nitrogen and oxygen atoms in total. The normalized spacial score (nSPS) is 18.8. The molecule has 0 unspecified atom stereocenters. The van der Waals surface area contributed by atoms with E-state index in [1.165, 1.54) is 0 Å². The SMILES string of the molecule is C[C@H](n1c2c(c3c(N)ncnc31)-c1noc(C3CC3)c1[C@H](O)CC2)C(F)(F)F.O=C(O)C(F)(F)F. The number of carboxylic acids is 1. The van der Waals surface area contributed by atoms with E-state index in [9.17, 15) is 31.4 Å². The summed E-state index contributed by atoms with van der Waals surface area (Å²) in [6.45, 7) is 1.08. The molecule has 1 saturated carbocycles. The second kappa shape index (κ2) is 8.39. The van der Waals surface area contributed by atoms with Gasteiger partial charge in [0.25, 0.3) is 0 Å². The lowest BCUT2D eigenvalue weighted by Crippen LogP contribution is -2.25. The summed E-state index contributed by atoms with van der Waals surface area (Å²) in [7, 11) is 0. The monoisotopic (exact) mass is 507 g/mol. The van der Waals surface area contributed by atoms with Crippen molar-refractivity contribution in [2.75, 3.05) is 5.73 Å². The van der Waals surface area contributed by atoms with Gasteiger partial charge in [0, 0.05) is 17.2 Å². The Hall–Kier alpha value is -3.36. The Morgan fingerprint density at radius 3 is 2.37 bits per heavy atom.